The van der Waals surface area contributed by atoms with Gasteiger partial charge in [0.25, 0.3) is 5.91 Å². The highest BCUT2D eigenvalue weighted by Crippen LogP contribution is 2.34. The fourth-order valence-corrected chi connectivity index (χ4v) is 5.65. The van der Waals surface area contributed by atoms with Gasteiger partial charge >= 0.3 is 6.03 Å². The van der Waals surface area contributed by atoms with E-state index in [0.717, 1.165) is 21.6 Å². The second-order valence-electron chi connectivity index (χ2n) is 8.94. The van der Waals surface area contributed by atoms with Crippen molar-refractivity contribution >= 4 is 52.4 Å². The quantitative estimate of drug-likeness (QED) is 0.529. The lowest BCUT2D eigenvalue weighted by atomic mass is 9.97. The van der Waals surface area contributed by atoms with E-state index in [1.807, 2.05) is 13.0 Å². The highest BCUT2D eigenvalue weighted by atomic mass is 35.5. The van der Waals surface area contributed by atoms with Crippen molar-refractivity contribution < 1.29 is 19.2 Å². The van der Waals surface area contributed by atoms with Gasteiger partial charge in [0.2, 0.25) is 11.8 Å². The minimum Gasteiger partial charge on any atom is -0.333 e. The number of fused-ring (bicyclic) bond motifs is 1. The van der Waals surface area contributed by atoms with Crippen LogP contribution in [0.3, 0.4) is 0 Å². The molecule has 0 radical (unpaired) electrons. The Hall–Kier alpha value is -2.91. The van der Waals surface area contributed by atoms with Gasteiger partial charge in [0.05, 0.1) is 12.1 Å². The van der Waals surface area contributed by atoms with Gasteiger partial charge in [0.1, 0.15) is 6.04 Å². The monoisotopic (exact) mass is 502 g/mol. The first-order chi connectivity index (χ1) is 16.2. The van der Waals surface area contributed by atoms with Gasteiger partial charge in [-0.2, -0.15) is 0 Å². The second-order valence-corrected chi connectivity index (χ2v) is 10.3. The number of urea groups is 1. The fourth-order valence-electron chi connectivity index (χ4n) is 4.45. The predicted molar refractivity (Wildman–Crippen MR) is 131 cm³/mol. The van der Waals surface area contributed by atoms with Gasteiger partial charge in [-0.1, -0.05) is 25.4 Å². The summed E-state index contributed by atoms with van der Waals surface area (Å²) in [7, 11) is 0. The summed E-state index contributed by atoms with van der Waals surface area (Å²) in [5.41, 5.74) is 4.06. The summed E-state index contributed by atoms with van der Waals surface area (Å²) in [4.78, 5) is 51.9. The standard InChI is InChI=1S/C24H27ClN4O4S/c1-12(2)15-7-14(8-18(25)13(15)3)27-24(33)26-9-20-16-10-29(23(32)17(16)11-34-20)19-5-4-6-21(30)28-22(19)31/h7-8,11-12,19H,4-6,9-10H2,1-3H3,(H2,26,27,33)(H,28,30,31). The Kier molecular flexibility index (Phi) is 6.95. The number of rotatable bonds is 5. The first-order valence-corrected chi connectivity index (χ1v) is 12.5. The molecule has 0 saturated carbocycles. The molecule has 2 aliphatic heterocycles. The zero-order valence-corrected chi connectivity index (χ0v) is 20.9. The molecule has 2 aromatic rings. The maximum Gasteiger partial charge on any atom is 0.319 e. The number of carbonyl (C=O) groups is 4. The van der Waals surface area contributed by atoms with Crippen molar-refractivity contribution in [3.05, 3.63) is 49.7 Å². The first kappa shape index (κ1) is 24.2. The van der Waals surface area contributed by atoms with Gasteiger partial charge in [-0.25, -0.2) is 4.79 Å². The van der Waals surface area contributed by atoms with Gasteiger partial charge in [-0.15, -0.1) is 11.3 Å². The van der Waals surface area contributed by atoms with Crippen LogP contribution in [-0.2, 0) is 22.7 Å². The van der Waals surface area contributed by atoms with E-state index in [1.54, 1.807) is 11.4 Å². The molecule has 34 heavy (non-hydrogen) atoms. The van der Waals surface area contributed by atoms with E-state index in [0.29, 0.717) is 29.1 Å². The van der Waals surface area contributed by atoms with Crippen molar-refractivity contribution in [1.82, 2.24) is 15.5 Å². The normalized spacial score (nSPS) is 18.1. The number of anilines is 1. The lowest BCUT2D eigenvalue weighted by Crippen LogP contribution is -2.47. The van der Waals surface area contributed by atoms with E-state index in [4.69, 9.17) is 11.6 Å². The zero-order chi connectivity index (χ0) is 24.6. The van der Waals surface area contributed by atoms with Crippen LogP contribution in [0.25, 0.3) is 0 Å². The second kappa shape index (κ2) is 9.76. The van der Waals surface area contributed by atoms with Gasteiger partial charge in [0.15, 0.2) is 0 Å². The maximum atomic E-state index is 12.9. The van der Waals surface area contributed by atoms with Crippen LogP contribution in [0.4, 0.5) is 10.5 Å². The predicted octanol–water partition coefficient (Wildman–Crippen LogP) is 4.31. The molecule has 180 valence electrons. The third-order valence-electron chi connectivity index (χ3n) is 6.30. The number of nitrogens with zero attached hydrogens (tertiary/aromatic N) is 1. The maximum absolute atomic E-state index is 12.9. The molecular formula is C24H27ClN4O4S. The number of halogens is 1. The number of carbonyl (C=O) groups excluding carboxylic acids is 4. The van der Waals surface area contributed by atoms with Crippen molar-refractivity contribution in [2.75, 3.05) is 5.32 Å². The van der Waals surface area contributed by atoms with Crippen molar-refractivity contribution in [1.29, 1.82) is 0 Å². The average molecular weight is 503 g/mol. The Labute approximate surface area is 207 Å². The molecule has 10 heteroatoms. The number of nitrogens with one attached hydrogen (secondary N) is 3. The fraction of sp³-hybridized carbons (Fsp3) is 0.417. The summed E-state index contributed by atoms with van der Waals surface area (Å²) >= 11 is 7.74. The molecule has 0 aliphatic carbocycles. The molecule has 4 rings (SSSR count). The van der Waals surface area contributed by atoms with Crippen molar-refractivity contribution in [2.24, 2.45) is 0 Å². The van der Waals surface area contributed by atoms with E-state index < -0.39 is 11.9 Å². The van der Waals surface area contributed by atoms with Crippen LogP contribution in [0.15, 0.2) is 17.5 Å². The van der Waals surface area contributed by atoms with Crippen LogP contribution in [0.1, 0.15) is 71.0 Å². The Bertz CT molecular complexity index is 1180. The third kappa shape index (κ3) is 4.81. The molecule has 1 fully saturated rings. The van der Waals surface area contributed by atoms with Gasteiger partial charge in [-0.05, 0) is 54.5 Å². The van der Waals surface area contributed by atoms with E-state index in [1.165, 1.54) is 16.2 Å². The number of hydrogen-bond donors (Lipinski definition) is 3. The summed E-state index contributed by atoms with van der Waals surface area (Å²) in [5.74, 6) is -0.682. The summed E-state index contributed by atoms with van der Waals surface area (Å²) in [5, 5.41) is 10.4. The highest BCUT2D eigenvalue weighted by Gasteiger charge is 2.39. The van der Waals surface area contributed by atoms with Crippen LogP contribution in [0.5, 0.6) is 0 Å². The number of imide groups is 1. The van der Waals surface area contributed by atoms with Crippen LogP contribution in [0.2, 0.25) is 5.02 Å². The third-order valence-corrected chi connectivity index (χ3v) is 7.72. The molecular weight excluding hydrogens is 476 g/mol. The van der Waals surface area contributed by atoms with Crippen LogP contribution in [0, 0.1) is 6.92 Å². The summed E-state index contributed by atoms with van der Waals surface area (Å²) < 4.78 is 0. The van der Waals surface area contributed by atoms with Crippen molar-refractivity contribution in [3.63, 3.8) is 0 Å². The van der Waals surface area contributed by atoms with Crippen LogP contribution in [-0.4, -0.2) is 34.7 Å². The Morgan fingerprint density at radius 3 is 2.79 bits per heavy atom. The minimum absolute atomic E-state index is 0.216. The number of amides is 5. The molecule has 3 heterocycles. The number of hydrogen-bond acceptors (Lipinski definition) is 5. The SMILES string of the molecule is Cc1c(Cl)cc(NC(=O)NCc2scc3c2CN(C2CCCC(=O)NC2=O)C3=O)cc1C(C)C. The molecule has 2 aliphatic rings. The van der Waals surface area contributed by atoms with E-state index in [-0.39, 0.29) is 43.3 Å². The largest absolute Gasteiger partial charge is 0.333 e. The summed E-state index contributed by atoms with van der Waals surface area (Å²) in [6.07, 6.45) is 1.28. The molecule has 1 aromatic heterocycles. The van der Waals surface area contributed by atoms with Gasteiger partial charge in [-0.3, -0.25) is 19.7 Å². The topological polar surface area (TPSA) is 108 Å². The van der Waals surface area contributed by atoms with Gasteiger partial charge in [0, 0.05) is 33.9 Å². The molecule has 1 unspecified atom stereocenters. The first-order valence-electron chi connectivity index (χ1n) is 11.2. The Morgan fingerprint density at radius 1 is 1.29 bits per heavy atom. The summed E-state index contributed by atoms with van der Waals surface area (Å²) in [6.45, 7) is 6.63. The Morgan fingerprint density at radius 2 is 2.06 bits per heavy atom. The molecule has 3 N–H and O–H groups in total. The molecule has 8 nitrogen and oxygen atoms in total. The van der Waals surface area contributed by atoms with Crippen molar-refractivity contribution in [3.8, 4) is 0 Å². The molecule has 1 aromatic carbocycles. The zero-order valence-electron chi connectivity index (χ0n) is 19.3. The minimum atomic E-state index is -0.665. The van der Waals surface area contributed by atoms with E-state index in [9.17, 15) is 19.2 Å². The molecule has 5 amide bonds. The average Bonchev–Trinajstić information content (AvgIpc) is 3.26. The molecule has 1 saturated heterocycles. The smallest absolute Gasteiger partial charge is 0.319 e. The van der Waals surface area contributed by atoms with E-state index in [2.05, 4.69) is 29.8 Å². The highest BCUT2D eigenvalue weighted by molar-refractivity contribution is 7.10. The summed E-state index contributed by atoms with van der Waals surface area (Å²) in [6, 6.07) is 2.61. The lowest BCUT2D eigenvalue weighted by Gasteiger charge is -2.25. The van der Waals surface area contributed by atoms with Crippen LogP contribution >= 0.6 is 22.9 Å². The molecule has 1 atom stereocenters. The van der Waals surface area contributed by atoms with E-state index >= 15 is 0 Å². The van der Waals surface area contributed by atoms with Crippen LogP contribution < -0.4 is 16.0 Å². The number of thiophene rings is 1. The van der Waals surface area contributed by atoms with Gasteiger partial charge < -0.3 is 15.5 Å². The molecule has 0 spiro atoms. The number of benzene rings is 1. The molecule has 0 bridgehead atoms. The van der Waals surface area contributed by atoms with Crippen molar-refractivity contribution in [2.45, 2.75) is 65.1 Å². The Balaban J connectivity index is 1.41. The lowest BCUT2D eigenvalue weighted by molar-refractivity contribution is -0.132.